The highest BCUT2D eigenvalue weighted by Gasteiger charge is 2.32. The van der Waals surface area contributed by atoms with Gasteiger partial charge in [0, 0.05) is 49.1 Å². The number of aryl methyl sites for hydroxylation is 2. The van der Waals surface area contributed by atoms with Crippen LogP contribution in [-0.2, 0) is 11.3 Å². The van der Waals surface area contributed by atoms with Gasteiger partial charge in [-0.1, -0.05) is 97.8 Å². The van der Waals surface area contributed by atoms with Gasteiger partial charge < -0.3 is 9.64 Å². The lowest BCUT2D eigenvalue weighted by Gasteiger charge is -2.44. The number of benzene rings is 4. The van der Waals surface area contributed by atoms with Crippen LogP contribution in [0.15, 0.2) is 91.0 Å². The summed E-state index contributed by atoms with van der Waals surface area (Å²) >= 11 is 0. The zero-order chi connectivity index (χ0) is 31.4. The number of hydrogen-bond acceptors (Lipinski definition) is 3. The number of hydrogen-bond donors (Lipinski definition) is 0. The Morgan fingerprint density at radius 2 is 1.34 bits per heavy atom. The van der Waals surface area contributed by atoms with Crippen LogP contribution in [0.1, 0.15) is 78.5 Å². The molecular formula is C39H45FN2O2. The largest absolute Gasteiger partial charge is 0.483 e. The first-order valence-electron chi connectivity index (χ1n) is 15.8. The van der Waals surface area contributed by atoms with E-state index in [2.05, 4.69) is 107 Å². The van der Waals surface area contributed by atoms with E-state index in [-0.39, 0.29) is 42.3 Å². The molecule has 1 aliphatic rings. The van der Waals surface area contributed by atoms with Gasteiger partial charge in [0.15, 0.2) is 6.61 Å². The first kappa shape index (κ1) is 31.5. The van der Waals surface area contributed by atoms with E-state index in [1.807, 2.05) is 23.1 Å². The third-order valence-electron chi connectivity index (χ3n) is 9.24. The molecule has 0 saturated carbocycles. The van der Waals surface area contributed by atoms with Crippen LogP contribution < -0.4 is 4.74 Å². The molecule has 1 aliphatic heterocycles. The maximum absolute atomic E-state index is 13.5. The van der Waals surface area contributed by atoms with E-state index < -0.39 is 0 Å². The van der Waals surface area contributed by atoms with Crippen LogP contribution in [0, 0.1) is 19.7 Å². The van der Waals surface area contributed by atoms with Crippen molar-refractivity contribution in [2.75, 3.05) is 19.7 Å². The van der Waals surface area contributed by atoms with Crippen LogP contribution in [0.2, 0.25) is 0 Å². The fourth-order valence-corrected chi connectivity index (χ4v) is 6.20. The van der Waals surface area contributed by atoms with Crippen LogP contribution in [0.3, 0.4) is 0 Å². The van der Waals surface area contributed by atoms with Gasteiger partial charge in [0.25, 0.3) is 5.91 Å². The Morgan fingerprint density at radius 3 is 1.95 bits per heavy atom. The minimum Gasteiger partial charge on any atom is -0.483 e. The lowest BCUT2D eigenvalue weighted by molar-refractivity contribution is -0.139. The van der Waals surface area contributed by atoms with Crippen molar-refractivity contribution < 1.29 is 13.9 Å². The van der Waals surface area contributed by atoms with Crippen molar-refractivity contribution in [3.05, 3.63) is 136 Å². The number of nitrogens with zero attached hydrogens (tertiary/aromatic N) is 2. The topological polar surface area (TPSA) is 32.8 Å². The van der Waals surface area contributed by atoms with Crippen molar-refractivity contribution in [1.29, 1.82) is 0 Å². The number of amides is 1. The molecule has 4 aromatic carbocycles. The first-order valence-corrected chi connectivity index (χ1v) is 15.8. The molecule has 0 aromatic heterocycles. The predicted molar refractivity (Wildman–Crippen MR) is 177 cm³/mol. The molecule has 5 rings (SSSR count). The average Bonchev–Trinajstić information content (AvgIpc) is 3.02. The third-order valence-corrected chi connectivity index (χ3v) is 9.24. The molecule has 44 heavy (non-hydrogen) atoms. The lowest BCUT2D eigenvalue weighted by atomic mass is 9.86. The SMILES string of the molecule is Cc1ccc(C(C)c2ccc(OCC(=O)N3CC(C)N(Cc4ccc(F)cc4)CC3C)c(C(C)c3ccc(C)cc3)c2)cc1. The van der Waals surface area contributed by atoms with Crippen molar-refractivity contribution in [3.63, 3.8) is 0 Å². The smallest absolute Gasteiger partial charge is 0.260 e. The molecule has 0 N–H and O–H groups in total. The normalized spacial score (nSPS) is 18.6. The number of ether oxygens (including phenoxy) is 1. The molecule has 1 heterocycles. The molecule has 0 aliphatic carbocycles. The Morgan fingerprint density at radius 1 is 0.773 bits per heavy atom. The second kappa shape index (κ2) is 13.8. The summed E-state index contributed by atoms with van der Waals surface area (Å²) in [4.78, 5) is 17.9. The van der Waals surface area contributed by atoms with Crippen LogP contribution in [0.4, 0.5) is 4.39 Å². The number of carbonyl (C=O) groups is 1. The highest BCUT2D eigenvalue weighted by molar-refractivity contribution is 5.78. The van der Waals surface area contributed by atoms with Crippen LogP contribution in [0.5, 0.6) is 5.75 Å². The van der Waals surface area contributed by atoms with Gasteiger partial charge in [0.05, 0.1) is 0 Å². The summed E-state index contributed by atoms with van der Waals surface area (Å²) in [6, 6.07) is 30.7. The summed E-state index contributed by atoms with van der Waals surface area (Å²) < 4.78 is 19.7. The van der Waals surface area contributed by atoms with Gasteiger partial charge in [-0.15, -0.1) is 0 Å². The standard InChI is InChI=1S/C39H45FN2O2/c1-26-7-13-33(14-8-26)30(5)35-17-20-38(37(21-35)31(6)34-15-9-27(2)10-16-34)44-25-39(43)42-23-28(3)41(22-29(42)4)24-32-11-18-36(40)19-12-32/h7-21,28-31H,22-25H2,1-6H3. The Bertz CT molecular complexity index is 1550. The lowest BCUT2D eigenvalue weighted by Crippen LogP contribution is -2.58. The zero-order valence-corrected chi connectivity index (χ0v) is 26.9. The van der Waals surface area contributed by atoms with Gasteiger partial charge in [-0.2, -0.15) is 0 Å². The maximum atomic E-state index is 13.5. The highest BCUT2D eigenvalue weighted by Crippen LogP contribution is 2.36. The molecule has 1 saturated heterocycles. The van der Waals surface area contributed by atoms with E-state index in [4.69, 9.17) is 4.74 Å². The summed E-state index contributed by atoms with van der Waals surface area (Å²) in [5.41, 5.74) is 8.35. The number of piperazine rings is 1. The van der Waals surface area contributed by atoms with Gasteiger partial charge in [-0.3, -0.25) is 9.69 Å². The minimum atomic E-state index is -0.225. The Hall–Kier alpha value is -3.96. The fourth-order valence-electron chi connectivity index (χ4n) is 6.20. The molecule has 4 aromatic rings. The van der Waals surface area contributed by atoms with Gasteiger partial charge in [0.1, 0.15) is 11.6 Å². The highest BCUT2D eigenvalue weighted by atomic mass is 19.1. The molecule has 4 nitrogen and oxygen atoms in total. The molecule has 5 heteroatoms. The van der Waals surface area contributed by atoms with Crippen molar-refractivity contribution in [2.45, 2.75) is 72.0 Å². The maximum Gasteiger partial charge on any atom is 0.260 e. The van der Waals surface area contributed by atoms with Gasteiger partial charge in [0.2, 0.25) is 0 Å². The Balaban J connectivity index is 1.31. The van der Waals surface area contributed by atoms with E-state index >= 15 is 0 Å². The minimum absolute atomic E-state index is 0.00294. The van der Waals surface area contributed by atoms with Crippen LogP contribution >= 0.6 is 0 Å². The Kier molecular flexibility index (Phi) is 9.85. The average molecular weight is 593 g/mol. The third kappa shape index (κ3) is 7.39. The van der Waals surface area contributed by atoms with Crippen molar-refractivity contribution in [2.24, 2.45) is 0 Å². The summed E-state index contributed by atoms with van der Waals surface area (Å²) in [6.45, 7) is 15.0. The molecule has 230 valence electrons. The summed E-state index contributed by atoms with van der Waals surface area (Å²) in [5, 5.41) is 0. The second-order valence-corrected chi connectivity index (χ2v) is 12.7. The zero-order valence-electron chi connectivity index (χ0n) is 26.9. The fraction of sp³-hybridized carbons (Fsp3) is 0.359. The van der Waals surface area contributed by atoms with E-state index in [0.29, 0.717) is 6.54 Å². The molecule has 1 fully saturated rings. The van der Waals surface area contributed by atoms with Crippen molar-refractivity contribution >= 4 is 5.91 Å². The van der Waals surface area contributed by atoms with E-state index in [0.717, 1.165) is 30.0 Å². The quantitative estimate of drug-likeness (QED) is 0.196. The summed E-state index contributed by atoms with van der Waals surface area (Å²) in [6.07, 6.45) is 0. The molecule has 0 radical (unpaired) electrons. The van der Waals surface area contributed by atoms with Crippen molar-refractivity contribution in [1.82, 2.24) is 9.80 Å². The number of carbonyl (C=O) groups excluding carboxylic acids is 1. The van der Waals surface area contributed by atoms with Gasteiger partial charge in [-0.25, -0.2) is 4.39 Å². The van der Waals surface area contributed by atoms with E-state index in [9.17, 15) is 9.18 Å². The second-order valence-electron chi connectivity index (χ2n) is 12.7. The summed E-state index contributed by atoms with van der Waals surface area (Å²) in [7, 11) is 0. The molecule has 0 bridgehead atoms. The summed E-state index contributed by atoms with van der Waals surface area (Å²) in [5.74, 6) is 0.847. The Labute approximate surface area is 262 Å². The predicted octanol–water partition coefficient (Wildman–Crippen LogP) is 8.25. The van der Waals surface area contributed by atoms with Crippen molar-refractivity contribution in [3.8, 4) is 5.75 Å². The van der Waals surface area contributed by atoms with E-state index in [1.54, 1.807) is 0 Å². The molecule has 0 spiro atoms. The molecule has 4 unspecified atom stereocenters. The number of rotatable bonds is 9. The van der Waals surface area contributed by atoms with Crippen LogP contribution in [-0.4, -0.2) is 47.5 Å². The van der Waals surface area contributed by atoms with Gasteiger partial charge >= 0.3 is 0 Å². The molecule has 1 amide bonds. The molecule has 4 atom stereocenters. The number of halogens is 1. The van der Waals surface area contributed by atoms with Crippen LogP contribution in [0.25, 0.3) is 0 Å². The first-order chi connectivity index (χ1) is 21.1. The molecular weight excluding hydrogens is 547 g/mol. The van der Waals surface area contributed by atoms with Gasteiger partial charge in [-0.05, 0) is 68.1 Å². The monoisotopic (exact) mass is 592 g/mol. The van der Waals surface area contributed by atoms with E-state index in [1.165, 1.54) is 39.9 Å².